The van der Waals surface area contributed by atoms with Crippen LogP contribution in [0.4, 0.5) is 8.78 Å². The SMILES string of the molecule is COCCNC(=O)[C@@H]1CC[C@@H](C)N(C(=O)c2ccc(F)c(F)c2)C1. The first-order valence-corrected chi connectivity index (χ1v) is 7.96. The summed E-state index contributed by atoms with van der Waals surface area (Å²) >= 11 is 0. The number of nitrogens with one attached hydrogen (secondary N) is 1. The molecule has 2 amide bonds. The Bertz CT molecular complexity index is 609. The van der Waals surface area contributed by atoms with Crippen LogP contribution in [0.2, 0.25) is 0 Å². The number of hydrogen-bond donors (Lipinski definition) is 1. The minimum absolute atomic E-state index is 0.0614. The van der Waals surface area contributed by atoms with Gasteiger partial charge in [0.1, 0.15) is 0 Å². The van der Waals surface area contributed by atoms with Crippen molar-refractivity contribution in [2.45, 2.75) is 25.8 Å². The van der Waals surface area contributed by atoms with Crippen molar-refractivity contribution in [3.8, 4) is 0 Å². The smallest absolute Gasteiger partial charge is 0.254 e. The van der Waals surface area contributed by atoms with E-state index >= 15 is 0 Å². The lowest BCUT2D eigenvalue weighted by atomic mass is 9.92. The summed E-state index contributed by atoms with van der Waals surface area (Å²) in [4.78, 5) is 26.3. The van der Waals surface area contributed by atoms with Crippen molar-refractivity contribution in [2.75, 3.05) is 26.8 Å². The van der Waals surface area contributed by atoms with Crippen molar-refractivity contribution in [3.63, 3.8) is 0 Å². The van der Waals surface area contributed by atoms with Gasteiger partial charge in [-0.2, -0.15) is 0 Å². The van der Waals surface area contributed by atoms with E-state index in [2.05, 4.69) is 5.32 Å². The molecule has 0 bridgehead atoms. The molecule has 0 saturated carbocycles. The number of nitrogens with zero attached hydrogens (tertiary/aromatic N) is 1. The molecular formula is C17H22F2N2O3. The van der Waals surface area contributed by atoms with Gasteiger partial charge >= 0.3 is 0 Å². The molecule has 1 aromatic rings. The second-order valence-electron chi connectivity index (χ2n) is 5.99. The number of carbonyl (C=O) groups excluding carboxylic acids is 2. The van der Waals surface area contributed by atoms with Crippen molar-refractivity contribution < 1.29 is 23.1 Å². The molecule has 132 valence electrons. The minimum Gasteiger partial charge on any atom is -0.383 e. The molecular weight excluding hydrogens is 318 g/mol. The fraction of sp³-hybridized carbons (Fsp3) is 0.529. The second kappa shape index (κ2) is 8.19. The first-order valence-electron chi connectivity index (χ1n) is 7.96. The third-order valence-electron chi connectivity index (χ3n) is 4.29. The number of hydrogen-bond acceptors (Lipinski definition) is 3. The van der Waals surface area contributed by atoms with Crippen LogP contribution in [0.5, 0.6) is 0 Å². The van der Waals surface area contributed by atoms with Gasteiger partial charge in [-0.05, 0) is 38.0 Å². The molecule has 24 heavy (non-hydrogen) atoms. The number of amides is 2. The molecule has 0 unspecified atom stereocenters. The van der Waals surface area contributed by atoms with Crippen LogP contribution in [0, 0.1) is 17.6 Å². The molecule has 1 saturated heterocycles. The quantitative estimate of drug-likeness (QED) is 0.834. The van der Waals surface area contributed by atoms with Gasteiger partial charge in [0, 0.05) is 31.8 Å². The van der Waals surface area contributed by atoms with Crippen molar-refractivity contribution >= 4 is 11.8 Å². The molecule has 1 aliphatic heterocycles. The van der Waals surface area contributed by atoms with Gasteiger partial charge in [-0.15, -0.1) is 0 Å². The van der Waals surface area contributed by atoms with Gasteiger partial charge in [-0.3, -0.25) is 9.59 Å². The third-order valence-corrected chi connectivity index (χ3v) is 4.29. The van der Waals surface area contributed by atoms with Gasteiger partial charge in [-0.25, -0.2) is 8.78 Å². The Morgan fingerprint density at radius 3 is 2.71 bits per heavy atom. The van der Waals surface area contributed by atoms with Crippen LogP contribution >= 0.6 is 0 Å². The normalized spacial score (nSPS) is 20.8. The van der Waals surface area contributed by atoms with E-state index in [4.69, 9.17) is 4.74 Å². The van der Waals surface area contributed by atoms with Crippen LogP contribution in [0.15, 0.2) is 18.2 Å². The summed E-state index contributed by atoms with van der Waals surface area (Å²) in [5.41, 5.74) is 0.0844. The number of carbonyl (C=O) groups is 2. The van der Waals surface area contributed by atoms with Crippen molar-refractivity contribution in [1.82, 2.24) is 10.2 Å². The van der Waals surface area contributed by atoms with Crippen LogP contribution in [0.25, 0.3) is 0 Å². The molecule has 1 heterocycles. The highest BCUT2D eigenvalue weighted by atomic mass is 19.2. The average molecular weight is 340 g/mol. The molecule has 1 aliphatic rings. The van der Waals surface area contributed by atoms with Crippen molar-refractivity contribution in [1.29, 1.82) is 0 Å². The van der Waals surface area contributed by atoms with Gasteiger partial charge in [0.05, 0.1) is 12.5 Å². The minimum atomic E-state index is -1.06. The summed E-state index contributed by atoms with van der Waals surface area (Å²) < 4.78 is 31.3. The summed E-state index contributed by atoms with van der Waals surface area (Å²) in [6.45, 7) is 2.99. The number of rotatable bonds is 5. The topological polar surface area (TPSA) is 58.6 Å². The second-order valence-corrected chi connectivity index (χ2v) is 5.99. The van der Waals surface area contributed by atoms with Gasteiger partial charge in [0.2, 0.25) is 5.91 Å². The molecule has 2 rings (SSSR count). The number of methoxy groups -OCH3 is 1. The molecule has 0 aromatic heterocycles. The maximum absolute atomic E-state index is 13.4. The molecule has 2 atom stereocenters. The van der Waals surface area contributed by atoms with Crippen LogP contribution in [0.1, 0.15) is 30.1 Å². The lowest BCUT2D eigenvalue weighted by molar-refractivity contribution is -0.126. The first-order chi connectivity index (χ1) is 11.4. The predicted octanol–water partition coefficient (Wildman–Crippen LogP) is 1.97. The molecule has 0 spiro atoms. The summed E-state index contributed by atoms with van der Waals surface area (Å²) in [7, 11) is 1.55. The highest BCUT2D eigenvalue weighted by Gasteiger charge is 2.33. The zero-order valence-corrected chi connectivity index (χ0v) is 13.9. The number of halogens is 2. The highest BCUT2D eigenvalue weighted by molar-refractivity contribution is 5.95. The van der Waals surface area contributed by atoms with Crippen LogP contribution in [0.3, 0.4) is 0 Å². The van der Waals surface area contributed by atoms with E-state index in [0.717, 1.165) is 12.1 Å². The van der Waals surface area contributed by atoms with Crippen molar-refractivity contribution in [3.05, 3.63) is 35.4 Å². The van der Waals surface area contributed by atoms with Gasteiger partial charge in [-0.1, -0.05) is 0 Å². The Balaban J connectivity index is 2.05. The lowest BCUT2D eigenvalue weighted by Gasteiger charge is -2.37. The van der Waals surface area contributed by atoms with Crippen LogP contribution in [-0.2, 0) is 9.53 Å². The average Bonchev–Trinajstić information content (AvgIpc) is 2.57. The van der Waals surface area contributed by atoms with E-state index in [1.54, 1.807) is 12.0 Å². The summed E-state index contributed by atoms with van der Waals surface area (Å²) in [5.74, 6) is -2.88. The fourth-order valence-electron chi connectivity index (χ4n) is 2.82. The molecule has 5 nitrogen and oxygen atoms in total. The molecule has 0 radical (unpaired) electrons. The van der Waals surface area contributed by atoms with Gasteiger partial charge in [0.25, 0.3) is 5.91 Å². The number of benzene rings is 1. The number of likely N-dealkylation sites (tertiary alicyclic amines) is 1. The first kappa shape index (κ1) is 18.3. The third kappa shape index (κ3) is 4.29. The van der Waals surface area contributed by atoms with E-state index in [-0.39, 0.29) is 30.0 Å². The van der Waals surface area contributed by atoms with E-state index in [9.17, 15) is 18.4 Å². The zero-order chi connectivity index (χ0) is 17.7. The monoisotopic (exact) mass is 340 g/mol. The highest BCUT2D eigenvalue weighted by Crippen LogP contribution is 2.24. The molecule has 1 fully saturated rings. The summed E-state index contributed by atoms with van der Waals surface area (Å²) in [5, 5.41) is 2.77. The van der Waals surface area contributed by atoms with Crippen LogP contribution < -0.4 is 5.32 Å². The standard InChI is InChI=1S/C17H22F2N2O3/c1-11-3-4-13(16(22)20-7-8-24-2)10-21(11)17(23)12-5-6-14(18)15(19)9-12/h5-6,9,11,13H,3-4,7-8,10H2,1-2H3,(H,20,22)/t11-,13-/m1/s1. The molecule has 1 aromatic carbocycles. The Labute approximate surface area is 140 Å². The Kier molecular flexibility index (Phi) is 6.25. The van der Waals surface area contributed by atoms with Gasteiger partial charge < -0.3 is 15.0 Å². The number of piperidine rings is 1. The number of ether oxygens (including phenoxy) is 1. The van der Waals surface area contributed by atoms with Gasteiger partial charge in [0.15, 0.2) is 11.6 Å². The van der Waals surface area contributed by atoms with E-state index in [1.165, 1.54) is 6.07 Å². The Hall–Kier alpha value is -2.02. The van der Waals surface area contributed by atoms with E-state index < -0.39 is 17.5 Å². The maximum atomic E-state index is 13.4. The Morgan fingerprint density at radius 2 is 2.04 bits per heavy atom. The van der Waals surface area contributed by atoms with E-state index in [1.807, 2.05) is 6.92 Å². The largest absolute Gasteiger partial charge is 0.383 e. The lowest BCUT2D eigenvalue weighted by Crippen LogP contribution is -2.49. The zero-order valence-electron chi connectivity index (χ0n) is 13.9. The Morgan fingerprint density at radius 1 is 1.29 bits per heavy atom. The molecule has 7 heteroatoms. The maximum Gasteiger partial charge on any atom is 0.254 e. The predicted molar refractivity (Wildman–Crippen MR) is 84.5 cm³/mol. The molecule has 0 aliphatic carbocycles. The molecule has 1 N–H and O–H groups in total. The summed E-state index contributed by atoms with van der Waals surface area (Å²) in [6, 6.07) is 3.03. The van der Waals surface area contributed by atoms with Crippen LogP contribution in [-0.4, -0.2) is 49.6 Å². The van der Waals surface area contributed by atoms with E-state index in [0.29, 0.717) is 26.0 Å². The summed E-state index contributed by atoms with van der Waals surface area (Å²) in [6.07, 6.45) is 1.36. The van der Waals surface area contributed by atoms with Crippen molar-refractivity contribution in [2.24, 2.45) is 5.92 Å². The fourth-order valence-corrected chi connectivity index (χ4v) is 2.82.